The molecule has 58 heavy (non-hydrogen) atoms. The van der Waals surface area contributed by atoms with Crippen molar-refractivity contribution in [2.24, 2.45) is 0 Å². The first-order valence-corrected chi connectivity index (χ1v) is 24.5. The average molecular weight is 809 g/mol. The van der Waals surface area contributed by atoms with E-state index in [0.717, 1.165) is 96.3 Å². The fourth-order valence-electron chi connectivity index (χ4n) is 6.66. The molecule has 0 heterocycles. The first-order valence-electron chi connectivity index (χ1n) is 24.5. The fraction of sp³-hybridized carbons (Fsp3) is 0.736. The first-order chi connectivity index (χ1) is 28.6. The van der Waals surface area contributed by atoms with Crippen LogP contribution in [0, 0.1) is 0 Å². The summed E-state index contributed by atoms with van der Waals surface area (Å²) in [6.45, 7) is 7.56. The minimum Gasteiger partial charge on any atom is -0.462 e. The third-order valence-electron chi connectivity index (χ3n) is 10.2. The lowest BCUT2D eigenvalue weighted by molar-refractivity contribution is -0.163. The first kappa shape index (κ1) is 55.3. The Morgan fingerprint density at radius 3 is 1.24 bits per heavy atom. The molecule has 0 aliphatic carbocycles. The number of unbranched alkanes of at least 4 members (excludes halogenated alkanes) is 21. The van der Waals surface area contributed by atoms with Gasteiger partial charge in [-0.25, -0.2) is 0 Å². The zero-order valence-corrected chi connectivity index (χ0v) is 38.3. The molecule has 0 rings (SSSR count). The second kappa shape index (κ2) is 48.7. The minimum absolute atomic E-state index is 0.0738. The number of rotatable bonds is 44. The highest BCUT2D eigenvalue weighted by molar-refractivity contribution is 5.70. The van der Waals surface area contributed by atoms with Crippen molar-refractivity contribution in [3.8, 4) is 0 Å². The van der Waals surface area contributed by atoms with Crippen LogP contribution in [0.3, 0.4) is 0 Å². The number of hydrogen-bond acceptors (Lipinski definition) is 5. The number of hydrogen-bond donors (Lipinski definition) is 0. The van der Waals surface area contributed by atoms with Gasteiger partial charge in [0.05, 0.1) is 6.61 Å². The van der Waals surface area contributed by atoms with Gasteiger partial charge in [-0.05, 0) is 83.5 Å². The van der Waals surface area contributed by atoms with E-state index >= 15 is 0 Å². The summed E-state index contributed by atoms with van der Waals surface area (Å²) in [6.07, 6.45) is 61.9. The van der Waals surface area contributed by atoms with Crippen LogP contribution in [0.5, 0.6) is 0 Å². The van der Waals surface area contributed by atoms with E-state index in [-0.39, 0.29) is 25.2 Å². The Kier molecular flexibility index (Phi) is 46.5. The summed E-state index contributed by atoms with van der Waals surface area (Å²) in [7, 11) is 0. The van der Waals surface area contributed by atoms with Gasteiger partial charge in [0.15, 0.2) is 6.10 Å². The Hall–Kier alpha value is -2.66. The van der Waals surface area contributed by atoms with Crippen molar-refractivity contribution in [3.05, 3.63) is 72.9 Å². The van der Waals surface area contributed by atoms with E-state index in [0.29, 0.717) is 19.4 Å². The number of esters is 2. The standard InChI is InChI=1S/C53H92O5/c1-4-7-10-13-16-19-21-23-25-27-28-30-32-35-37-40-43-46-52(54)57-50-51(58-53(55)47-44-41-38-34-18-15-12-9-6-3)49-56-48-45-42-39-36-33-31-29-26-24-22-20-17-14-11-8-5-2/h7-8,10-11,16-17,19-20,23-26,51H,4-6,9,12-15,18,21-22,27-50H2,1-3H3/b10-7-,11-8-,19-16-,20-17-,25-23-,26-24-. The number of ether oxygens (including phenoxy) is 3. The van der Waals surface area contributed by atoms with E-state index in [4.69, 9.17) is 14.2 Å². The zero-order chi connectivity index (χ0) is 42.1. The Morgan fingerprint density at radius 2 is 0.776 bits per heavy atom. The number of allylic oxidation sites excluding steroid dienone is 12. The van der Waals surface area contributed by atoms with Crippen LogP contribution in [-0.4, -0.2) is 37.9 Å². The van der Waals surface area contributed by atoms with E-state index in [1.807, 2.05) is 0 Å². The molecule has 0 aromatic carbocycles. The van der Waals surface area contributed by atoms with Crippen molar-refractivity contribution in [1.82, 2.24) is 0 Å². The van der Waals surface area contributed by atoms with Crippen molar-refractivity contribution in [1.29, 1.82) is 0 Å². The molecule has 0 aliphatic heterocycles. The lowest BCUT2D eigenvalue weighted by atomic mass is 10.1. The molecule has 0 aromatic heterocycles. The molecule has 0 saturated heterocycles. The van der Waals surface area contributed by atoms with Gasteiger partial charge in [-0.15, -0.1) is 0 Å². The smallest absolute Gasteiger partial charge is 0.306 e. The molecule has 5 heteroatoms. The quantitative estimate of drug-likeness (QED) is 0.0348. The molecule has 0 spiro atoms. The SMILES string of the molecule is CC/C=C\C/C=C\C/C=C\CCCCCCCCCC(=O)OCC(COCCCCCCCC/C=C\C/C=C\C/C=C\CC)OC(=O)CCCCCCCCCCC. The monoisotopic (exact) mass is 809 g/mol. The number of carbonyl (C=O) groups excluding carboxylic acids is 2. The van der Waals surface area contributed by atoms with Crippen LogP contribution in [0.15, 0.2) is 72.9 Å². The minimum atomic E-state index is -0.546. The molecule has 0 aliphatic rings. The molecule has 334 valence electrons. The summed E-state index contributed by atoms with van der Waals surface area (Å²) in [4.78, 5) is 25.3. The lowest BCUT2D eigenvalue weighted by Gasteiger charge is -2.18. The van der Waals surface area contributed by atoms with Crippen LogP contribution in [0.2, 0.25) is 0 Å². The maximum Gasteiger partial charge on any atom is 0.306 e. The molecule has 1 unspecified atom stereocenters. The Bertz CT molecular complexity index is 1050. The van der Waals surface area contributed by atoms with Crippen molar-refractivity contribution < 1.29 is 23.8 Å². The van der Waals surface area contributed by atoms with Gasteiger partial charge in [0.25, 0.3) is 0 Å². The van der Waals surface area contributed by atoms with E-state index in [1.165, 1.54) is 96.3 Å². The maximum atomic E-state index is 12.7. The molecule has 0 amide bonds. The van der Waals surface area contributed by atoms with Gasteiger partial charge in [-0.2, -0.15) is 0 Å². The van der Waals surface area contributed by atoms with Crippen molar-refractivity contribution >= 4 is 11.9 Å². The Labute approximate surface area is 359 Å². The van der Waals surface area contributed by atoms with E-state index in [9.17, 15) is 9.59 Å². The van der Waals surface area contributed by atoms with Crippen LogP contribution in [0.25, 0.3) is 0 Å². The second-order valence-corrected chi connectivity index (χ2v) is 16.0. The van der Waals surface area contributed by atoms with Crippen LogP contribution < -0.4 is 0 Å². The van der Waals surface area contributed by atoms with Crippen LogP contribution >= 0.6 is 0 Å². The van der Waals surface area contributed by atoms with Crippen molar-refractivity contribution in [3.63, 3.8) is 0 Å². The summed E-state index contributed by atoms with van der Waals surface area (Å²) < 4.78 is 17.3. The molecular weight excluding hydrogens is 717 g/mol. The van der Waals surface area contributed by atoms with E-state index in [2.05, 4.69) is 93.7 Å². The highest BCUT2D eigenvalue weighted by Gasteiger charge is 2.17. The Morgan fingerprint density at radius 1 is 0.397 bits per heavy atom. The van der Waals surface area contributed by atoms with Crippen LogP contribution in [0.1, 0.15) is 226 Å². The van der Waals surface area contributed by atoms with Crippen molar-refractivity contribution in [2.45, 2.75) is 232 Å². The van der Waals surface area contributed by atoms with Gasteiger partial charge in [-0.3, -0.25) is 9.59 Å². The third kappa shape index (κ3) is 46.0. The summed E-state index contributed by atoms with van der Waals surface area (Å²) in [6, 6.07) is 0. The second-order valence-electron chi connectivity index (χ2n) is 16.0. The third-order valence-corrected chi connectivity index (χ3v) is 10.2. The average Bonchev–Trinajstić information content (AvgIpc) is 3.22. The molecule has 0 fully saturated rings. The highest BCUT2D eigenvalue weighted by atomic mass is 16.6. The highest BCUT2D eigenvalue weighted by Crippen LogP contribution is 2.14. The molecule has 1 atom stereocenters. The Balaban J connectivity index is 4.23. The molecule has 0 bridgehead atoms. The topological polar surface area (TPSA) is 61.8 Å². The van der Waals surface area contributed by atoms with Crippen molar-refractivity contribution in [2.75, 3.05) is 19.8 Å². The predicted molar refractivity (Wildman–Crippen MR) is 251 cm³/mol. The van der Waals surface area contributed by atoms with Gasteiger partial charge in [0.2, 0.25) is 0 Å². The molecule has 5 nitrogen and oxygen atoms in total. The molecule has 0 N–H and O–H groups in total. The summed E-state index contributed by atoms with van der Waals surface area (Å²) in [5.41, 5.74) is 0. The lowest BCUT2D eigenvalue weighted by Crippen LogP contribution is -2.30. The predicted octanol–water partition coefficient (Wildman–Crippen LogP) is 16.3. The summed E-state index contributed by atoms with van der Waals surface area (Å²) >= 11 is 0. The molecule has 0 saturated carbocycles. The normalized spacial score (nSPS) is 12.8. The van der Waals surface area contributed by atoms with E-state index < -0.39 is 6.10 Å². The number of carbonyl (C=O) groups is 2. The van der Waals surface area contributed by atoms with Crippen LogP contribution in [-0.2, 0) is 23.8 Å². The maximum absolute atomic E-state index is 12.7. The molecule has 0 aromatic rings. The van der Waals surface area contributed by atoms with Gasteiger partial charge >= 0.3 is 11.9 Å². The fourth-order valence-corrected chi connectivity index (χ4v) is 6.66. The largest absolute Gasteiger partial charge is 0.462 e. The van der Waals surface area contributed by atoms with Gasteiger partial charge in [0, 0.05) is 19.4 Å². The summed E-state index contributed by atoms with van der Waals surface area (Å²) in [5.74, 6) is -0.417. The van der Waals surface area contributed by atoms with Gasteiger partial charge < -0.3 is 14.2 Å². The molecular formula is C53H92O5. The van der Waals surface area contributed by atoms with Gasteiger partial charge in [-0.1, -0.05) is 203 Å². The van der Waals surface area contributed by atoms with E-state index in [1.54, 1.807) is 0 Å². The van der Waals surface area contributed by atoms with Crippen LogP contribution in [0.4, 0.5) is 0 Å². The van der Waals surface area contributed by atoms with Gasteiger partial charge in [0.1, 0.15) is 6.61 Å². The zero-order valence-electron chi connectivity index (χ0n) is 38.3. The summed E-state index contributed by atoms with van der Waals surface area (Å²) in [5, 5.41) is 0. The molecule has 0 radical (unpaired) electrons.